The van der Waals surface area contributed by atoms with Crippen LogP contribution >= 0.6 is 0 Å². The minimum absolute atomic E-state index is 0.0133. The third kappa shape index (κ3) is 3.87. The van der Waals surface area contributed by atoms with Gasteiger partial charge in [-0.1, -0.05) is 48.5 Å². The van der Waals surface area contributed by atoms with E-state index in [1.54, 1.807) is 0 Å². The van der Waals surface area contributed by atoms with Crippen LogP contribution in [0, 0.1) is 0 Å². The number of hydrogen-bond donors (Lipinski definition) is 1. The van der Waals surface area contributed by atoms with E-state index in [0.29, 0.717) is 0 Å². The first kappa shape index (κ1) is 17.1. The van der Waals surface area contributed by atoms with Gasteiger partial charge in [0.1, 0.15) is 13.2 Å². The van der Waals surface area contributed by atoms with Crippen molar-refractivity contribution in [1.29, 1.82) is 0 Å². The molecule has 1 aliphatic rings. The van der Waals surface area contributed by atoms with Crippen LogP contribution in [0.15, 0.2) is 48.5 Å². The number of ether oxygens (including phenoxy) is 2. The predicted octanol–water partition coefficient (Wildman–Crippen LogP) is 2.04. The first-order chi connectivity index (χ1) is 12.2. The zero-order valence-corrected chi connectivity index (χ0v) is 13.9. The topological polar surface area (TPSA) is 73.9 Å². The fourth-order valence-electron chi connectivity index (χ4n) is 2.95. The second kappa shape index (κ2) is 7.92. The molecule has 3 rings (SSSR count). The van der Waals surface area contributed by atoms with Crippen molar-refractivity contribution >= 4 is 11.9 Å². The van der Waals surface area contributed by atoms with Crippen molar-refractivity contribution in [2.45, 2.75) is 5.92 Å². The molecule has 6 nitrogen and oxygen atoms in total. The Kier molecular flexibility index (Phi) is 5.42. The van der Waals surface area contributed by atoms with Gasteiger partial charge in [0.2, 0.25) is 0 Å². The smallest absolute Gasteiger partial charge is 0.334 e. The standard InChI is InChI=1S/C19H19NO5/c1-23-18(21)10-20-25-12-19(22)24-11-17-15-8-4-2-6-13(15)14-7-3-5-9-16(14)17/h2-9,17,20H,10-12H2,1H3. The Morgan fingerprint density at radius 3 is 2.16 bits per heavy atom. The van der Waals surface area contributed by atoms with E-state index in [0.717, 1.165) is 11.1 Å². The van der Waals surface area contributed by atoms with Gasteiger partial charge >= 0.3 is 11.9 Å². The lowest BCUT2D eigenvalue weighted by Crippen LogP contribution is -2.27. The van der Waals surface area contributed by atoms with Crippen molar-refractivity contribution < 1.29 is 23.9 Å². The van der Waals surface area contributed by atoms with Gasteiger partial charge in [0.05, 0.1) is 7.11 Å². The van der Waals surface area contributed by atoms with Crippen LogP contribution in [-0.2, 0) is 23.9 Å². The number of carbonyl (C=O) groups is 2. The average Bonchev–Trinajstić information content (AvgIpc) is 2.97. The first-order valence-corrected chi connectivity index (χ1v) is 7.96. The van der Waals surface area contributed by atoms with Gasteiger partial charge in [0.25, 0.3) is 0 Å². The largest absolute Gasteiger partial charge is 0.468 e. The summed E-state index contributed by atoms with van der Waals surface area (Å²) in [7, 11) is 1.27. The van der Waals surface area contributed by atoms with E-state index in [9.17, 15) is 9.59 Å². The van der Waals surface area contributed by atoms with E-state index < -0.39 is 11.9 Å². The molecule has 0 spiro atoms. The van der Waals surface area contributed by atoms with Gasteiger partial charge in [-0.3, -0.25) is 9.63 Å². The highest BCUT2D eigenvalue weighted by atomic mass is 16.7. The summed E-state index contributed by atoms with van der Waals surface area (Å²) in [5.41, 5.74) is 7.01. The number of benzene rings is 2. The summed E-state index contributed by atoms with van der Waals surface area (Å²) in [4.78, 5) is 27.6. The molecule has 0 aliphatic heterocycles. The lowest BCUT2D eigenvalue weighted by atomic mass is 9.98. The van der Waals surface area contributed by atoms with Crippen LogP contribution in [0.5, 0.6) is 0 Å². The first-order valence-electron chi connectivity index (χ1n) is 7.96. The van der Waals surface area contributed by atoms with Gasteiger partial charge in [-0.25, -0.2) is 4.79 Å². The molecular weight excluding hydrogens is 322 g/mol. The van der Waals surface area contributed by atoms with Crippen molar-refractivity contribution in [3.63, 3.8) is 0 Å². The molecular formula is C19H19NO5. The highest BCUT2D eigenvalue weighted by molar-refractivity contribution is 5.79. The molecule has 0 bridgehead atoms. The molecule has 1 aliphatic carbocycles. The van der Waals surface area contributed by atoms with Crippen LogP contribution in [0.1, 0.15) is 17.0 Å². The van der Waals surface area contributed by atoms with Crippen LogP contribution in [0.3, 0.4) is 0 Å². The number of methoxy groups -OCH3 is 1. The molecule has 2 aromatic carbocycles. The van der Waals surface area contributed by atoms with Gasteiger partial charge in [-0.2, -0.15) is 5.48 Å². The molecule has 25 heavy (non-hydrogen) atoms. The van der Waals surface area contributed by atoms with E-state index in [2.05, 4.69) is 34.5 Å². The van der Waals surface area contributed by atoms with Gasteiger partial charge in [0.15, 0.2) is 6.61 Å². The van der Waals surface area contributed by atoms with E-state index in [-0.39, 0.29) is 25.7 Å². The number of rotatable bonds is 7. The number of nitrogens with one attached hydrogen (secondary N) is 1. The van der Waals surface area contributed by atoms with Crippen LogP contribution in [-0.4, -0.2) is 38.8 Å². The Hall–Kier alpha value is -2.70. The Balaban J connectivity index is 1.56. The maximum absolute atomic E-state index is 11.8. The number of carbonyl (C=O) groups excluding carboxylic acids is 2. The zero-order chi connectivity index (χ0) is 17.6. The highest BCUT2D eigenvalue weighted by Gasteiger charge is 2.28. The van der Waals surface area contributed by atoms with Crippen LogP contribution in [0.2, 0.25) is 0 Å². The van der Waals surface area contributed by atoms with Crippen LogP contribution < -0.4 is 5.48 Å². The van der Waals surface area contributed by atoms with Crippen molar-refractivity contribution in [3.8, 4) is 11.1 Å². The van der Waals surface area contributed by atoms with Gasteiger partial charge in [-0.15, -0.1) is 0 Å². The zero-order valence-electron chi connectivity index (χ0n) is 13.9. The quantitative estimate of drug-likeness (QED) is 0.472. The second-order valence-electron chi connectivity index (χ2n) is 5.60. The summed E-state index contributed by atoms with van der Waals surface area (Å²) in [6.07, 6.45) is 0. The maximum Gasteiger partial charge on any atom is 0.334 e. The summed E-state index contributed by atoms with van der Waals surface area (Å²) in [6, 6.07) is 16.3. The fraction of sp³-hybridized carbons (Fsp3) is 0.263. The summed E-state index contributed by atoms with van der Waals surface area (Å²) >= 11 is 0. The van der Waals surface area contributed by atoms with Crippen molar-refractivity contribution in [2.75, 3.05) is 26.9 Å². The van der Waals surface area contributed by atoms with Crippen molar-refractivity contribution in [3.05, 3.63) is 59.7 Å². The molecule has 2 aromatic rings. The summed E-state index contributed by atoms with van der Waals surface area (Å²) in [6.45, 7) is -0.173. The molecule has 0 aromatic heterocycles. The molecule has 6 heteroatoms. The average molecular weight is 341 g/mol. The molecule has 0 atom stereocenters. The third-order valence-corrected chi connectivity index (χ3v) is 4.11. The molecule has 0 amide bonds. The molecule has 0 radical (unpaired) electrons. The van der Waals surface area contributed by atoms with E-state index in [4.69, 9.17) is 9.57 Å². The Morgan fingerprint density at radius 2 is 1.56 bits per heavy atom. The van der Waals surface area contributed by atoms with Crippen LogP contribution in [0.25, 0.3) is 11.1 Å². The summed E-state index contributed by atoms with van der Waals surface area (Å²) < 4.78 is 9.79. The number of fused-ring (bicyclic) bond motifs is 3. The molecule has 130 valence electrons. The minimum Gasteiger partial charge on any atom is -0.468 e. The van der Waals surface area contributed by atoms with E-state index in [1.807, 2.05) is 24.3 Å². The highest BCUT2D eigenvalue weighted by Crippen LogP contribution is 2.44. The molecule has 0 unspecified atom stereocenters. The summed E-state index contributed by atoms with van der Waals surface area (Å²) in [5, 5.41) is 0. The predicted molar refractivity (Wildman–Crippen MR) is 90.7 cm³/mol. The lowest BCUT2D eigenvalue weighted by molar-refractivity contribution is -0.155. The van der Waals surface area contributed by atoms with Gasteiger partial charge in [0, 0.05) is 5.92 Å². The molecule has 0 saturated carbocycles. The Labute approximate surface area is 145 Å². The molecule has 1 N–H and O–H groups in total. The SMILES string of the molecule is COC(=O)CNOCC(=O)OCC1c2ccccc2-c2ccccc21. The Bertz CT molecular complexity index is 728. The van der Waals surface area contributed by atoms with Gasteiger partial charge in [-0.05, 0) is 22.3 Å². The third-order valence-electron chi connectivity index (χ3n) is 4.11. The lowest BCUT2D eigenvalue weighted by Gasteiger charge is -2.14. The fourth-order valence-corrected chi connectivity index (χ4v) is 2.95. The van der Waals surface area contributed by atoms with Crippen molar-refractivity contribution in [2.24, 2.45) is 0 Å². The normalized spacial score (nSPS) is 12.4. The monoisotopic (exact) mass is 341 g/mol. The van der Waals surface area contributed by atoms with Crippen molar-refractivity contribution in [1.82, 2.24) is 5.48 Å². The Morgan fingerprint density at radius 1 is 0.960 bits per heavy atom. The van der Waals surface area contributed by atoms with Gasteiger partial charge < -0.3 is 9.47 Å². The molecule has 0 saturated heterocycles. The number of esters is 2. The number of hydrogen-bond acceptors (Lipinski definition) is 6. The molecule has 0 heterocycles. The maximum atomic E-state index is 11.8. The van der Waals surface area contributed by atoms with E-state index in [1.165, 1.54) is 18.2 Å². The second-order valence-corrected chi connectivity index (χ2v) is 5.60. The minimum atomic E-state index is -0.501. The van der Waals surface area contributed by atoms with Crippen LogP contribution in [0.4, 0.5) is 0 Å². The van der Waals surface area contributed by atoms with E-state index >= 15 is 0 Å². The summed E-state index contributed by atoms with van der Waals surface area (Å²) in [5.74, 6) is -0.967. The number of hydroxylamine groups is 1. The molecule has 0 fully saturated rings.